The van der Waals surface area contributed by atoms with Gasteiger partial charge in [0.1, 0.15) is 6.04 Å². The second-order valence-electron chi connectivity index (χ2n) is 4.40. The normalized spacial score (nSPS) is 12.4. The van der Waals surface area contributed by atoms with Crippen LogP contribution in [0.4, 0.5) is 0 Å². The minimum Gasteiger partial charge on any atom is -0.480 e. The molecule has 1 amide bonds. The number of hydrogen-bond donors (Lipinski definition) is 2. The first-order valence-corrected chi connectivity index (χ1v) is 7.22. The molecule has 7 heteroatoms. The van der Waals surface area contributed by atoms with E-state index in [0.717, 1.165) is 11.4 Å². The van der Waals surface area contributed by atoms with Gasteiger partial charge in [0.2, 0.25) is 6.41 Å². The molecular weight excluding hydrogens is 266 g/mol. The lowest BCUT2D eigenvalue weighted by Gasteiger charge is -2.12. The minimum atomic E-state index is -1.00. The van der Waals surface area contributed by atoms with Gasteiger partial charge >= 0.3 is 5.97 Å². The Balaban J connectivity index is 2.35. The van der Waals surface area contributed by atoms with Crippen LogP contribution in [-0.4, -0.2) is 38.8 Å². The molecule has 106 valence electrons. The third-order valence-electron chi connectivity index (χ3n) is 2.67. The van der Waals surface area contributed by atoms with Gasteiger partial charge in [-0.3, -0.25) is 4.79 Å². The van der Waals surface area contributed by atoms with Crippen LogP contribution >= 0.6 is 11.8 Å². The summed E-state index contributed by atoms with van der Waals surface area (Å²) in [5.74, 6) is 0.451. The van der Waals surface area contributed by atoms with Crippen LogP contribution < -0.4 is 5.32 Å². The number of aromatic nitrogens is 2. The minimum absolute atomic E-state index is 0.363. The van der Waals surface area contributed by atoms with E-state index >= 15 is 0 Å². The lowest BCUT2D eigenvalue weighted by atomic mass is 10.2. The van der Waals surface area contributed by atoms with E-state index in [9.17, 15) is 9.59 Å². The first-order chi connectivity index (χ1) is 9.06. The largest absolute Gasteiger partial charge is 0.480 e. The van der Waals surface area contributed by atoms with E-state index < -0.39 is 12.0 Å². The molecule has 1 atom stereocenters. The summed E-state index contributed by atoms with van der Waals surface area (Å²) < 4.78 is 2.09. The fourth-order valence-corrected chi connectivity index (χ4v) is 2.63. The fourth-order valence-electron chi connectivity index (χ4n) is 1.65. The summed E-state index contributed by atoms with van der Waals surface area (Å²) in [7, 11) is 0. The first kappa shape index (κ1) is 15.6. The number of nitrogens with zero attached hydrogens (tertiary/aromatic N) is 2. The van der Waals surface area contributed by atoms with Gasteiger partial charge < -0.3 is 15.0 Å². The molecule has 2 N–H and O–H groups in total. The molecule has 1 unspecified atom stereocenters. The SMILES string of the molecule is CC(C)n1cncc1CSCCC(NC=O)C(=O)O. The smallest absolute Gasteiger partial charge is 0.326 e. The van der Waals surface area contributed by atoms with Gasteiger partial charge in [0.15, 0.2) is 0 Å². The average Bonchev–Trinajstić information content (AvgIpc) is 2.81. The zero-order valence-electron chi connectivity index (χ0n) is 11.1. The number of carbonyl (C=O) groups excluding carboxylic acids is 1. The second-order valence-corrected chi connectivity index (χ2v) is 5.51. The molecule has 0 fully saturated rings. The predicted octanol–water partition coefficient (Wildman–Crippen LogP) is 1.29. The molecule has 0 aromatic carbocycles. The van der Waals surface area contributed by atoms with Crippen LogP contribution in [0, 0.1) is 0 Å². The Labute approximate surface area is 116 Å². The Kier molecular flexibility index (Phi) is 6.41. The van der Waals surface area contributed by atoms with Gasteiger partial charge in [-0.25, -0.2) is 9.78 Å². The van der Waals surface area contributed by atoms with Crippen LogP contribution in [0.3, 0.4) is 0 Å². The standard InChI is InChI=1S/C12H19N3O3S/c1-9(2)15-7-13-5-10(15)6-19-4-3-11(12(17)18)14-8-16/h5,7-9,11H,3-4,6H2,1-2H3,(H,14,16)(H,17,18). The van der Waals surface area contributed by atoms with E-state index in [0.29, 0.717) is 24.6 Å². The summed E-state index contributed by atoms with van der Waals surface area (Å²) in [4.78, 5) is 25.2. The maximum Gasteiger partial charge on any atom is 0.326 e. The number of imidazole rings is 1. The summed E-state index contributed by atoms with van der Waals surface area (Å²) in [6, 6.07) is -0.443. The van der Waals surface area contributed by atoms with E-state index in [4.69, 9.17) is 5.11 Å². The third-order valence-corrected chi connectivity index (χ3v) is 3.70. The topological polar surface area (TPSA) is 84.2 Å². The number of aliphatic carboxylic acids is 1. The number of hydrogen-bond acceptors (Lipinski definition) is 4. The summed E-state index contributed by atoms with van der Waals surface area (Å²) in [6.07, 6.45) is 4.46. The van der Waals surface area contributed by atoms with Crippen LogP contribution in [-0.2, 0) is 15.3 Å². The van der Waals surface area contributed by atoms with Gasteiger partial charge in [-0.05, 0) is 26.0 Å². The first-order valence-electron chi connectivity index (χ1n) is 6.07. The quantitative estimate of drug-likeness (QED) is 0.527. The van der Waals surface area contributed by atoms with Crippen LogP contribution in [0.15, 0.2) is 12.5 Å². The predicted molar refractivity (Wildman–Crippen MR) is 74.0 cm³/mol. The van der Waals surface area contributed by atoms with Crippen molar-refractivity contribution in [2.24, 2.45) is 0 Å². The molecule has 19 heavy (non-hydrogen) atoms. The Morgan fingerprint density at radius 2 is 2.37 bits per heavy atom. The number of rotatable bonds is 9. The summed E-state index contributed by atoms with van der Waals surface area (Å²) in [6.45, 7) is 4.18. The van der Waals surface area contributed by atoms with Crippen LogP contribution in [0.25, 0.3) is 0 Å². The lowest BCUT2D eigenvalue weighted by Crippen LogP contribution is -2.36. The van der Waals surface area contributed by atoms with Crippen LogP contribution in [0.2, 0.25) is 0 Å². The molecule has 0 saturated heterocycles. The van der Waals surface area contributed by atoms with Gasteiger partial charge in [-0.15, -0.1) is 0 Å². The van der Waals surface area contributed by atoms with Crippen molar-refractivity contribution in [2.45, 2.75) is 38.1 Å². The van der Waals surface area contributed by atoms with Crippen molar-refractivity contribution in [3.8, 4) is 0 Å². The van der Waals surface area contributed by atoms with Crippen molar-refractivity contribution < 1.29 is 14.7 Å². The van der Waals surface area contributed by atoms with E-state index in [1.807, 2.05) is 6.20 Å². The number of carbonyl (C=O) groups is 2. The van der Waals surface area contributed by atoms with Gasteiger partial charge in [-0.1, -0.05) is 0 Å². The molecule has 0 bridgehead atoms. The zero-order chi connectivity index (χ0) is 14.3. The van der Waals surface area contributed by atoms with Gasteiger partial charge in [0.25, 0.3) is 0 Å². The molecular formula is C12H19N3O3S. The Morgan fingerprint density at radius 3 is 2.95 bits per heavy atom. The summed E-state index contributed by atoms with van der Waals surface area (Å²) in [5, 5.41) is 11.2. The number of amides is 1. The van der Waals surface area contributed by atoms with E-state index in [2.05, 4.69) is 28.7 Å². The molecule has 0 aliphatic heterocycles. The summed E-state index contributed by atoms with van der Waals surface area (Å²) in [5.41, 5.74) is 1.12. The second kappa shape index (κ2) is 7.83. The lowest BCUT2D eigenvalue weighted by molar-refractivity contribution is -0.140. The highest BCUT2D eigenvalue weighted by molar-refractivity contribution is 7.98. The Morgan fingerprint density at radius 1 is 1.63 bits per heavy atom. The highest BCUT2D eigenvalue weighted by Gasteiger charge is 2.15. The van der Waals surface area contributed by atoms with Crippen LogP contribution in [0.5, 0.6) is 0 Å². The zero-order valence-corrected chi connectivity index (χ0v) is 11.9. The molecule has 0 aliphatic carbocycles. The Bertz CT molecular complexity index is 420. The highest BCUT2D eigenvalue weighted by atomic mass is 32.2. The molecule has 0 aliphatic rings. The third kappa shape index (κ3) is 4.94. The molecule has 6 nitrogen and oxygen atoms in total. The number of carboxylic acid groups (broad SMARTS) is 1. The van der Waals surface area contributed by atoms with Crippen molar-refractivity contribution in [1.82, 2.24) is 14.9 Å². The monoisotopic (exact) mass is 285 g/mol. The molecule has 1 aromatic heterocycles. The molecule has 1 aromatic rings. The Hall–Kier alpha value is -1.50. The van der Waals surface area contributed by atoms with Crippen molar-refractivity contribution >= 4 is 24.1 Å². The average molecular weight is 285 g/mol. The van der Waals surface area contributed by atoms with Crippen molar-refractivity contribution in [1.29, 1.82) is 0 Å². The van der Waals surface area contributed by atoms with Crippen molar-refractivity contribution in [3.05, 3.63) is 18.2 Å². The molecule has 0 saturated carbocycles. The number of nitrogens with one attached hydrogen (secondary N) is 1. The van der Waals surface area contributed by atoms with Gasteiger partial charge in [0.05, 0.1) is 6.33 Å². The molecule has 0 radical (unpaired) electrons. The van der Waals surface area contributed by atoms with Crippen molar-refractivity contribution in [3.63, 3.8) is 0 Å². The molecule has 1 rings (SSSR count). The van der Waals surface area contributed by atoms with E-state index in [1.54, 1.807) is 18.1 Å². The van der Waals surface area contributed by atoms with Gasteiger partial charge in [0, 0.05) is 23.7 Å². The summed E-state index contributed by atoms with van der Waals surface area (Å²) >= 11 is 1.63. The number of carboxylic acids is 1. The maximum atomic E-state index is 10.8. The molecule has 0 spiro atoms. The number of thioether (sulfide) groups is 1. The van der Waals surface area contributed by atoms with Crippen molar-refractivity contribution in [2.75, 3.05) is 5.75 Å². The highest BCUT2D eigenvalue weighted by Crippen LogP contribution is 2.17. The fraction of sp³-hybridized carbons (Fsp3) is 0.583. The van der Waals surface area contributed by atoms with Crippen LogP contribution in [0.1, 0.15) is 32.0 Å². The maximum absolute atomic E-state index is 10.8. The van der Waals surface area contributed by atoms with E-state index in [-0.39, 0.29) is 0 Å². The molecule has 1 heterocycles. The van der Waals surface area contributed by atoms with Gasteiger partial charge in [-0.2, -0.15) is 11.8 Å². The van der Waals surface area contributed by atoms with E-state index in [1.165, 1.54) is 0 Å².